The Hall–Kier alpha value is -1.10. The van der Waals surface area contributed by atoms with Crippen LogP contribution in [0.5, 0.6) is 0 Å². The van der Waals surface area contributed by atoms with Crippen LogP contribution in [0.25, 0.3) is 0 Å². The lowest BCUT2D eigenvalue weighted by Crippen LogP contribution is -2.18. The fourth-order valence-electron chi connectivity index (χ4n) is 1.91. The summed E-state index contributed by atoms with van der Waals surface area (Å²) in [6, 6.07) is 10.2. The number of hydrogen-bond donors (Lipinski definition) is 1. The average Bonchev–Trinajstić information content (AvgIpc) is 2.79. The second-order valence-corrected chi connectivity index (χ2v) is 5.19. The standard InChI is InChI=1S/C14H17BrN2O/c1-17(9-12-4-2-3-5-13(12)15)10-14-11(8-16)6-7-18-14/h2-7H,8-10,16H2,1H3. The van der Waals surface area contributed by atoms with Crippen LogP contribution in [0.3, 0.4) is 0 Å². The van der Waals surface area contributed by atoms with E-state index in [0.29, 0.717) is 6.54 Å². The molecule has 1 aromatic heterocycles. The molecule has 3 nitrogen and oxygen atoms in total. The molecule has 1 aromatic carbocycles. The number of hydrogen-bond acceptors (Lipinski definition) is 3. The van der Waals surface area contributed by atoms with E-state index in [1.807, 2.05) is 18.2 Å². The van der Waals surface area contributed by atoms with E-state index in [4.69, 9.17) is 10.2 Å². The van der Waals surface area contributed by atoms with Gasteiger partial charge in [0.1, 0.15) is 5.76 Å². The monoisotopic (exact) mass is 308 g/mol. The van der Waals surface area contributed by atoms with E-state index >= 15 is 0 Å². The maximum atomic E-state index is 5.66. The van der Waals surface area contributed by atoms with Crippen molar-refractivity contribution < 1.29 is 4.42 Å². The van der Waals surface area contributed by atoms with Gasteiger partial charge in [-0.25, -0.2) is 0 Å². The molecule has 0 amide bonds. The normalized spacial score (nSPS) is 11.1. The van der Waals surface area contributed by atoms with E-state index in [-0.39, 0.29) is 0 Å². The van der Waals surface area contributed by atoms with Crippen LogP contribution < -0.4 is 5.73 Å². The summed E-state index contributed by atoms with van der Waals surface area (Å²) in [5, 5.41) is 0. The Morgan fingerprint density at radius 2 is 1.94 bits per heavy atom. The summed E-state index contributed by atoms with van der Waals surface area (Å²) in [5.41, 5.74) is 8.00. The Balaban J connectivity index is 2.01. The second-order valence-electron chi connectivity index (χ2n) is 4.34. The van der Waals surface area contributed by atoms with Crippen LogP contribution in [-0.2, 0) is 19.6 Å². The van der Waals surface area contributed by atoms with Crippen molar-refractivity contribution in [3.05, 3.63) is 58.0 Å². The first-order valence-corrected chi connectivity index (χ1v) is 6.67. The summed E-state index contributed by atoms with van der Waals surface area (Å²) in [4.78, 5) is 2.21. The molecule has 2 rings (SSSR count). The molecule has 0 radical (unpaired) electrons. The molecule has 0 unspecified atom stereocenters. The highest BCUT2D eigenvalue weighted by Gasteiger charge is 2.09. The van der Waals surface area contributed by atoms with E-state index in [1.54, 1.807) is 6.26 Å². The van der Waals surface area contributed by atoms with E-state index in [2.05, 4.69) is 40.0 Å². The van der Waals surface area contributed by atoms with Gasteiger partial charge in [0.15, 0.2) is 0 Å². The van der Waals surface area contributed by atoms with E-state index in [9.17, 15) is 0 Å². The van der Waals surface area contributed by atoms with Crippen molar-refractivity contribution in [2.75, 3.05) is 7.05 Å². The lowest BCUT2D eigenvalue weighted by molar-refractivity contribution is 0.286. The largest absolute Gasteiger partial charge is 0.468 e. The number of rotatable bonds is 5. The minimum absolute atomic E-state index is 0.523. The van der Waals surface area contributed by atoms with Crippen LogP contribution in [0.1, 0.15) is 16.9 Å². The third-order valence-electron chi connectivity index (χ3n) is 2.87. The lowest BCUT2D eigenvalue weighted by Gasteiger charge is -2.16. The van der Waals surface area contributed by atoms with Gasteiger partial charge in [0.25, 0.3) is 0 Å². The predicted molar refractivity (Wildman–Crippen MR) is 75.9 cm³/mol. The summed E-state index contributed by atoms with van der Waals surface area (Å²) in [6.07, 6.45) is 1.70. The Morgan fingerprint density at radius 3 is 2.67 bits per heavy atom. The highest BCUT2D eigenvalue weighted by molar-refractivity contribution is 9.10. The average molecular weight is 309 g/mol. The van der Waals surface area contributed by atoms with Gasteiger partial charge >= 0.3 is 0 Å². The van der Waals surface area contributed by atoms with Crippen molar-refractivity contribution in [1.82, 2.24) is 4.90 Å². The van der Waals surface area contributed by atoms with Gasteiger partial charge in [-0.2, -0.15) is 0 Å². The molecule has 4 heteroatoms. The highest BCUT2D eigenvalue weighted by atomic mass is 79.9. The fraction of sp³-hybridized carbons (Fsp3) is 0.286. The minimum Gasteiger partial charge on any atom is -0.468 e. The van der Waals surface area contributed by atoms with Crippen LogP contribution in [0.15, 0.2) is 45.5 Å². The van der Waals surface area contributed by atoms with Crippen molar-refractivity contribution in [3.8, 4) is 0 Å². The van der Waals surface area contributed by atoms with Crippen LogP contribution in [-0.4, -0.2) is 11.9 Å². The van der Waals surface area contributed by atoms with Crippen molar-refractivity contribution in [3.63, 3.8) is 0 Å². The molecule has 0 aliphatic rings. The molecular weight excluding hydrogens is 292 g/mol. The van der Waals surface area contributed by atoms with Gasteiger partial charge in [-0.15, -0.1) is 0 Å². The molecule has 1 heterocycles. The van der Waals surface area contributed by atoms with Crippen molar-refractivity contribution in [2.24, 2.45) is 5.73 Å². The molecule has 0 aliphatic heterocycles. The molecule has 0 spiro atoms. The molecule has 96 valence electrons. The zero-order valence-corrected chi connectivity index (χ0v) is 12.0. The Labute approximate surface area is 116 Å². The van der Waals surface area contributed by atoms with Gasteiger partial charge in [0, 0.05) is 23.1 Å². The van der Waals surface area contributed by atoms with E-state index < -0.39 is 0 Å². The number of benzene rings is 1. The van der Waals surface area contributed by atoms with Crippen molar-refractivity contribution >= 4 is 15.9 Å². The quantitative estimate of drug-likeness (QED) is 0.922. The first-order valence-electron chi connectivity index (χ1n) is 5.88. The summed E-state index contributed by atoms with van der Waals surface area (Å²) < 4.78 is 6.60. The topological polar surface area (TPSA) is 42.4 Å². The van der Waals surface area contributed by atoms with E-state index in [1.165, 1.54) is 5.56 Å². The number of furan rings is 1. The van der Waals surface area contributed by atoms with Gasteiger partial charge in [0.2, 0.25) is 0 Å². The Morgan fingerprint density at radius 1 is 1.17 bits per heavy atom. The van der Waals surface area contributed by atoms with Gasteiger partial charge in [-0.05, 0) is 24.7 Å². The Bertz CT molecular complexity index is 510. The summed E-state index contributed by atoms with van der Waals surface area (Å²) in [6.45, 7) is 2.15. The van der Waals surface area contributed by atoms with Crippen LogP contribution >= 0.6 is 15.9 Å². The minimum atomic E-state index is 0.523. The molecule has 0 aliphatic carbocycles. The summed E-state index contributed by atoms with van der Waals surface area (Å²) in [5.74, 6) is 0.951. The van der Waals surface area contributed by atoms with E-state index in [0.717, 1.165) is 28.9 Å². The molecule has 0 fully saturated rings. The first kappa shape index (κ1) is 13.3. The molecule has 0 saturated heterocycles. The van der Waals surface area contributed by atoms with Crippen LogP contribution in [0, 0.1) is 0 Å². The maximum Gasteiger partial charge on any atom is 0.122 e. The summed E-state index contributed by atoms with van der Waals surface area (Å²) >= 11 is 3.56. The molecule has 0 saturated carbocycles. The second kappa shape index (κ2) is 6.18. The molecule has 2 aromatic rings. The number of halogens is 1. The van der Waals surface area contributed by atoms with Gasteiger partial charge in [0.05, 0.1) is 12.8 Å². The van der Waals surface area contributed by atoms with Gasteiger partial charge in [-0.3, -0.25) is 4.90 Å². The van der Waals surface area contributed by atoms with Crippen LogP contribution in [0.2, 0.25) is 0 Å². The molecular formula is C14H17BrN2O. The van der Waals surface area contributed by atoms with Crippen molar-refractivity contribution in [1.29, 1.82) is 0 Å². The molecule has 2 N–H and O–H groups in total. The number of nitrogens with two attached hydrogens (primary N) is 1. The third kappa shape index (κ3) is 3.22. The smallest absolute Gasteiger partial charge is 0.122 e. The molecule has 0 bridgehead atoms. The number of nitrogens with zero attached hydrogens (tertiary/aromatic N) is 1. The fourth-order valence-corrected chi connectivity index (χ4v) is 2.32. The molecule has 18 heavy (non-hydrogen) atoms. The highest BCUT2D eigenvalue weighted by Crippen LogP contribution is 2.19. The first-order chi connectivity index (χ1) is 8.70. The van der Waals surface area contributed by atoms with Gasteiger partial charge in [-0.1, -0.05) is 34.1 Å². The van der Waals surface area contributed by atoms with Crippen LogP contribution in [0.4, 0.5) is 0 Å². The predicted octanol–water partition coefficient (Wildman–Crippen LogP) is 3.13. The summed E-state index contributed by atoms with van der Waals surface area (Å²) in [7, 11) is 2.07. The Kier molecular flexibility index (Phi) is 4.58. The molecule has 0 atom stereocenters. The SMILES string of the molecule is CN(Cc1ccccc1Br)Cc1occc1CN. The zero-order valence-electron chi connectivity index (χ0n) is 10.4. The third-order valence-corrected chi connectivity index (χ3v) is 3.64. The van der Waals surface area contributed by atoms with Crippen molar-refractivity contribution in [2.45, 2.75) is 19.6 Å². The van der Waals surface area contributed by atoms with Gasteiger partial charge < -0.3 is 10.2 Å². The lowest BCUT2D eigenvalue weighted by atomic mass is 10.2. The maximum absolute atomic E-state index is 5.66. The zero-order chi connectivity index (χ0) is 13.0.